The summed E-state index contributed by atoms with van der Waals surface area (Å²) in [6.45, 7) is 0.938. The van der Waals surface area contributed by atoms with Gasteiger partial charge in [0.15, 0.2) is 11.6 Å². The summed E-state index contributed by atoms with van der Waals surface area (Å²) < 4.78 is 13.4. The molecular formula is C23H21FN2O3. The van der Waals surface area contributed by atoms with Crippen molar-refractivity contribution in [2.24, 2.45) is 0 Å². The largest absolute Gasteiger partial charge is 0.505 e. The summed E-state index contributed by atoms with van der Waals surface area (Å²) in [7, 11) is 0. The van der Waals surface area contributed by atoms with Crippen LogP contribution >= 0.6 is 0 Å². The van der Waals surface area contributed by atoms with Crippen molar-refractivity contribution in [2.75, 3.05) is 6.54 Å². The van der Waals surface area contributed by atoms with Crippen LogP contribution < -0.4 is 5.32 Å². The van der Waals surface area contributed by atoms with Crippen molar-refractivity contribution in [1.29, 1.82) is 0 Å². The highest BCUT2D eigenvalue weighted by atomic mass is 19.1. The molecular weight excluding hydrogens is 371 g/mol. The molecule has 1 saturated heterocycles. The zero-order valence-electron chi connectivity index (χ0n) is 15.8. The first-order chi connectivity index (χ1) is 14.0. The molecule has 0 aliphatic carbocycles. The standard InChI is InChI=1S/C23H21FN2O3/c24-20-10-15(8-9-21(20)27)11-22(28)25-18-12-23(29)26(14-18)13-17-6-3-5-16-4-1-2-7-19(16)17/h1-10,18,27H,11-14H2,(H,25,28). The molecule has 5 nitrogen and oxygen atoms in total. The molecule has 0 saturated carbocycles. The lowest BCUT2D eigenvalue weighted by molar-refractivity contribution is -0.128. The monoisotopic (exact) mass is 392 g/mol. The third-order valence-corrected chi connectivity index (χ3v) is 5.20. The molecule has 1 aliphatic heterocycles. The predicted octanol–water partition coefficient (Wildman–Crippen LogP) is 3.14. The Labute approximate surface area is 167 Å². The molecule has 0 radical (unpaired) electrons. The van der Waals surface area contributed by atoms with Crippen LogP contribution in [0.4, 0.5) is 4.39 Å². The number of fused-ring (bicyclic) bond motifs is 1. The van der Waals surface area contributed by atoms with Gasteiger partial charge >= 0.3 is 0 Å². The Kier molecular flexibility index (Phi) is 5.16. The first-order valence-corrected chi connectivity index (χ1v) is 9.51. The molecule has 1 heterocycles. The van der Waals surface area contributed by atoms with E-state index in [0.717, 1.165) is 22.4 Å². The predicted molar refractivity (Wildman–Crippen MR) is 108 cm³/mol. The van der Waals surface area contributed by atoms with Gasteiger partial charge < -0.3 is 15.3 Å². The number of aromatic hydroxyl groups is 1. The van der Waals surface area contributed by atoms with E-state index in [9.17, 15) is 19.1 Å². The molecule has 3 aromatic carbocycles. The highest BCUT2D eigenvalue weighted by Gasteiger charge is 2.30. The summed E-state index contributed by atoms with van der Waals surface area (Å²) >= 11 is 0. The molecule has 0 aromatic heterocycles. The Balaban J connectivity index is 1.38. The first kappa shape index (κ1) is 18.9. The smallest absolute Gasteiger partial charge is 0.225 e. The van der Waals surface area contributed by atoms with Gasteiger partial charge in [-0.25, -0.2) is 4.39 Å². The van der Waals surface area contributed by atoms with Crippen LogP contribution in [0.2, 0.25) is 0 Å². The number of likely N-dealkylation sites (tertiary alicyclic amines) is 1. The molecule has 1 fully saturated rings. The number of hydrogen-bond acceptors (Lipinski definition) is 3. The number of nitrogens with zero attached hydrogens (tertiary/aromatic N) is 1. The van der Waals surface area contributed by atoms with E-state index in [-0.39, 0.29) is 30.7 Å². The van der Waals surface area contributed by atoms with Crippen LogP contribution in [0.3, 0.4) is 0 Å². The number of carbonyl (C=O) groups excluding carboxylic acids is 2. The molecule has 0 spiro atoms. The Morgan fingerprint density at radius 3 is 2.76 bits per heavy atom. The van der Waals surface area contributed by atoms with Gasteiger partial charge in [-0.15, -0.1) is 0 Å². The van der Waals surface area contributed by atoms with Gasteiger partial charge in [0, 0.05) is 19.5 Å². The average Bonchev–Trinajstić information content (AvgIpc) is 3.03. The number of phenols is 1. The van der Waals surface area contributed by atoms with E-state index < -0.39 is 11.6 Å². The van der Waals surface area contributed by atoms with Gasteiger partial charge in [-0.1, -0.05) is 48.5 Å². The fourth-order valence-corrected chi connectivity index (χ4v) is 3.78. The van der Waals surface area contributed by atoms with Crippen LogP contribution in [0.15, 0.2) is 60.7 Å². The molecule has 29 heavy (non-hydrogen) atoms. The number of benzene rings is 3. The minimum atomic E-state index is -0.757. The fraction of sp³-hybridized carbons (Fsp3) is 0.217. The van der Waals surface area contributed by atoms with Crippen molar-refractivity contribution in [2.45, 2.75) is 25.4 Å². The van der Waals surface area contributed by atoms with Crippen LogP contribution in [-0.2, 0) is 22.6 Å². The molecule has 2 N–H and O–H groups in total. The lowest BCUT2D eigenvalue weighted by atomic mass is 10.0. The lowest BCUT2D eigenvalue weighted by Crippen LogP contribution is -2.37. The van der Waals surface area contributed by atoms with Crippen molar-refractivity contribution < 1.29 is 19.1 Å². The van der Waals surface area contributed by atoms with E-state index in [1.54, 1.807) is 4.90 Å². The van der Waals surface area contributed by atoms with Crippen LogP contribution in [0.25, 0.3) is 10.8 Å². The van der Waals surface area contributed by atoms with E-state index >= 15 is 0 Å². The maximum Gasteiger partial charge on any atom is 0.225 e. The highest BCUT2D eigenvalue weighted by Crippen LogP contribution is 2.23. The number of amides is 2. The quantitative estimate of drug-likeness (QED) is 0.701. The number of halogens is 1. The summed E-state index contributed by atoms with van der Waals surface area (Å²) in [6, 6.07) is 17.7. The van der Waals surface area contributed by atoms with Crippen LogP contribution in [0.1, 0.15) is 17.5 Å². The van der Waals surface area contributed by atoms with Crippen molar-refractivity contribution in [1.82, 2.24) is 10.2 Å². The zero-order chi connectivity index (χ0) is 20.4. The first-order valence-electron chi connectivity index (χ1n) is 9.51. The van der Waals surface area contributed by atoms with E-state index in [4.69, 9.17) is 0 Å². The summed E-state index contributed by atoms with van der Waals surface area (Å²) in [5.41, 5.74) is 1.54. The van der Waals surface area contributed by atoms with E-state index in [1.807, 2.05) is 42.5 Å². The van der Waals surface area contributed by atoms with Gasteiger partial charge in [0.25, 0.3) is 0 Å². The topological polar surface area (TPSA) is 69.6 Å². The molecule has 0 bridgehead atoms. The number of phenolic OH excluding ortho intramolecular Hbond substituents is 1. The fourth-order valence-electron chi connectivity index (χ4n) is 3.78. The van der Waals surface area contributed by atoms with Gasteiger partial charge in [-0.2, -0.15) is 0 Å². The molecule has 1 unspecified atom stereocenters. The number of hydrogen-bond donors (Lipinski definition) is 2. The molecule has 6 heteroatoms. The average molecular weight is 392 g/mol. The van der Waals surface area contributed by atoms with Crippen LogP contribution in [0.5, 0.6) is 5.75 Å². The Morgan fingerprint density at radius 1 is 1.14 bits per heavy atom. The normalized spacial score (nSPS) is 16.4. The third-order valence-electron chi connectivity index (χ3n) is 5.20. The van der Waals surface area contributed by atoms with E-state index in [2.05, 4.69) is 5.32 Å². The van der Waals surface area contributed by atoms with Crippen molar-refractivity contribution in [3.05, 3.63) is 77.6 Å². The molecule has 3 aromatic rings. The Hall–Kier alpha value is -3.41. The van der Waals surface area contributed by atoms with Gasteiger partial charge in [0.05, 0.1) is 12.5 Å². The summed E-state index contributed by atoms with van der Waals surface area (Å²) in [5.74, 6) is -1.48. The zero-order valence-corrected chi connectivity index (χ0v) is 15.8. The maximum absolute atomic E-state index is 13.4. The molecule has 4 rings (SSSR count). The lowest BCUT2D eigenvalue weighted by Gasteiger charge is -2.18. The minimum absolute atomic E-state index is 0.00101. The number of nitrogens with one attached hydrogen (secondary N) is 1. The maximum atomic E-state index is 13.4. The van der Waals surface area contributed by atoms with Gasteiger partial charge in [0.1, 0.15) is 0 Å². The third kappa shape index (κ3) is 4.21. The van der Waals surface area contributed by atoms with Crippen LogP contribution in [0, 0.1) is 5.82 Å². The summed E-state index contributed by atoms with van der Waals surface area (Å²) in [6.07, 6.45) is 0.242. The van der Waals surface area contributed by atoms with Gasteiger partial charge in [-0.05, 0) is 34.0 Å². The second-order valence-corrected chi connectivity index (χ2v) is 7.34. The van der Waals surface area contributed by atoms with Crippen molar-refractivity contribution in [3.8, 4) is 5.75 Å². The number of carbonyl (C=O) groups is 2. The molecule has 148 valence electrons. The molecule has 2 amide bonds. The van der Waals surface area contributed by atoms with Gasteiger partial charge in [0.2, 0.25) is 11.8 Å². The summed E-state index contributed by atoms with van der Waals surface area (Å²) in [5, 5.41) is 14.3. The minimum Gasteiger partial charge on any atom is -0.505 e. The van der Waals surface area contributed by atoms with Crippen LogP contribution in [-0.4, -0.2) is 34.4 Å². The van der Waals surface area contributed by atoms with E-state index in [1.165, 1.54) is 12.1 Å². The Bertz CT molecular complexity index is 1080. The number of rotatable bonds is 5. The molecule has 1 atom stereocenters. The Morgan fingerprint density at radius 2 is 1.93 bits per heavy atom. The van der Waals surface area contributed by atoms with Gasteiger partial charge in [-0.3, -0.25) is 9.59 Å². The highest BCUT2D eigenvalue weighted by molar-refractivity contribution is 5.87. The second kappa shape index (κ2) is 7.91. The summed E-state index contributed by atoms with van der Waals surface area (Å²) in [4.78, 5) is 26.5. The molecule has 1 aliphatic rings. The van der Waals surface area contributed by atoms with E-state index in [0.29, 0.717) is 18.7 Å². The second-order valence-electron chi connectivity index (χ2n) is 7.34. The van der Waals surface area contributed by atoms with Crippen molar-refractivity contribution in [3.63, 3.8) is 0 Å². The van der Waals surface area contributed by atoms with Crippen molar-refractivity contribution >= 4 is 22.6 Å². The SMILES string of the molecule is O=C(Cc1ccc(O)c(F)c1)NC1CC(=O)N(Cc2cccc3ccccc23)C1.